The smallest absolute Gasteiger partial charge is 0.241 e. The van der Waals surface area contributed by atoms with E-state index < -0.39 is 11.7 Å². The summed E-state index contributed by atoms with van der Waals surface area (Å²) in [5, 5.41) is -0.129. The summed E-state index contributed by atoms with van der Waals surface area (Å²) in [6, 6.07) is 0.837. The summed E-state index contributed by atoms with van der Waals surface area (Å²) in [7, 11) is 0. The fourth-order valence-electron chi connectivity index (χ4n) is 0.993. The van der Waals surface area contributed by atoms with Gasteiger partial charge in [-0.1, -0.05) is 11.6 Å². The first-order valence-corrected chi connectivity index (χ1v) is 3.91. The van der Waals surface area contributed by atoms with Crippen LogP contribution in [0.25, 0.3) is 0 Å². The molecule has 0 saturated heterocycles. The first kappa shape index (κ1) is 10.3. The third-order valence-electron chi connectivity index (χ3n) is 1.79. The van der Waals surface area contributed by atoms with Crippen LogP contribution in [0.5, 0.6) is 0 Å². The molecule has 1 aromatic rings. The highest BCUT2D eigenvalue weighted by Crippen LogP contribution is 2.33. The van der Waals surface area contributed by atoms with Crippen LogP contribution in [0.2, 0.25) is 5.15 Å². The predicted molar refractivity (Wildman–Crippen MR) is 43.7 cm³/mol. The summed E-state index contributed by atoms with van der Waals surface area (Å²) in [6.45, 7) is 2.87. The summed E-state index contributed by atoms with van der Waals surface area (Å²) in [4.78, 5) is 3.71. The minimum atomic E-state index is -4.36. The molecule has 0 fully saturated rings. The van der Waals surface area contributed by atoms with Crippen LogP contribution in [0.15, 0.2) is 6.07 Å². The Balaban J connectivity index is 3.37. The van der Waals surface area contributed by atoms with Crippen molar-refractivity contribution in [1.82, 2.24) is 4.98 Å². The molecule has 0 aliphatic heterocycles. The molecule has 72 valence electrons. The molecule has 13 heavy (non-hydrogen) atoms. The molecule has 0 unspecified atom stereocenters. The molecule has 1 rings (SSSR count). The van der Waals surface area contributed by atoms with Crippen molar-refractivity contribution in [2.45, 2.75) is 20.0 Å². The second-order valence-electron chi connectivity index (χ2n) is 2.70. The molecule has 0 saturated carbocycles. The number of pyridine rings is 1. The van der Waals surface area contributed by atoms with Gasteiger partial charge in [0, 0.05) is 5.69 Å². The Labute approximate surface area is 78.5 Å². The zero-order chi connectivity index (χ0) is 10.2. The number of alkyl halides is 3. The minimum absolute atomic E-state index is 0.122. The van der Waals surface area contributed by atoms with E-state index >= 15 is 0 Å². The highest BCUT2D eigenvalue weighted by Gasteiger charge is 2.33. The van der Waals surface area contributed by atoms with E-state index in [1.807, 2.05) is 0 Å². The predicted octanol–water partition coefficient (Wildman–Crippen LogP) is 3.37. The quantitative estimate of drug-likeness (QED) is 0.597. The molecule has 0 aliphatic rings. The summed E-state index contributed by atoms with van der Waals surface area (Å²) < 4.78 is 37.0. The van der Waals surface area contributed by atoms with Crippen molar-refractivity contribution in [3.63, 3.8) is 0 Å². The Bertz CT molecular complexity index is 333. The first-order chi connectivity index (χ1) is 5.82. The van der Waals surface area contributed by atoms with Crippen LogP contribution in [0.1, 0.15) is 16.8 Å². The lowest BCUT2D eigenvalue weighted by Gasteiger charge is -2.11. The van der Waals surface area contributed by atoms with Crippen LogP contribution >= 0.6 is 11.6 Å². The monoisotopic (exact) mass is 209 g/mol. The van der Waals surface area contributed by atoms with E-state index in [1.54, 1.807) is 0 Å². The number of nitrogens with zero attached hydrogens (tertiary/aromatic N) is 1. The second kappa shape index (κ2) is 3.18. The van der Waals surface area contributed by atoms with E-state index in [0.717, 1.165) is 6.07 Å². The number of aryl methyl sites for hydroxylation is 1. The van der Waals surface area contributed by atoms with Crippen LogP contribution in [0, 0.1) is 13.8 Å². The summed E-state index contributed by atoms with van der Waals surface area (Å²) in [6.07, 6.45) is -4.36. The lowest BCUT2D eigenvalue weighted by Crippen LogP contribution is -2.09. The third-order valence-corrected chi connectivity index (χ3v) is 1.98. The number of hydrogen-bond donors (Lipinski definition) is 0. The largest absolute Gasteiger partial charge is 0.416 e. The maximum atomic E-state index is 12.3. The van der Waals surface area contributed by atoms with Crippen molar-refractivity contribution in [1.29, 1.82) is 0 Å². The van der Waals surface area contributed by atoms with Crippen molar-refractivity contribution in [2.75, 3.05) is 0 Å². The molecular weight excluding hydrogens is 203 g/mol. The Morgan fingerprint density at radius 2 is 1.85 bits per heavy atom. The van der Waals surface area contributed by atoms with Gasteiger partial charge in [-0.05, 0) is 25.5 Å². The molecule has 1 heterocycles. The van der Waals surface area contributed by atoms with Gasteiger partial charge >= 0.3 is 6.18 Å². The Morgan fingerprint density at radius 1 is 1.31 bits per heavy atom. The highest BCUT2D eigenvalue weighted by molar-refractivity contribution is 6.29. The fraction of sp³-hybridized carbons (Fsp3) is 0.375. The summed E-state index contributed by atoms with van der Waals surface area (Å²) in [5.41, 5.74) is -0.290. The van der Waals surface area contributed by atoms with Crippen molar-refractivity contribution < 1.29 is 13.2 Å². The third kappa shape index (κ3) is 2.12. The molecule has 0 N–H and O–H groups in total. The first-order valence-electron chi connectivity index (χ1n) is 3.53. The van der Waals surface area contributed by atoms with Gasteiger partial charge in [0.25, 0.3) is 0 Å². The van der Waals surface area contributed by atoms with E-state index in [0.29, 0.717) is 5.69 Å². The van der Waals surface area contributed by atoms with E-state index in [9.17, 15) is 13.2 Å². The molecule has 0 spiro atoms. The van der Waals surface area contributed by atoms with E-state index in [4.69, 9.17) is 11.6 Å². The van der Waals surface area contributed by atoms with Crippen LogP contribution in [0.4, 0.5) is 13.2 Å². The molecule has 0 atom stereocenters. The van der Waals surface area contributed by atoms with Gasteiger partial charge in [0.2, 0.25) is 0 Å². The van der Waals surface area contributed by atoms with Crippen molar-refractivity contribution in [2.24, 2.45) is 0 Å². The zero-order valence-electron chi connectivity index (χ0n) is 7.04. The lowest BCUT2D eigenvalue weighted by molar-refractivity contribution is -0.138. The molecule has 5 heteroatoms. The summed E-state index contributed by atoms with van der Waals surface area (Å²) in [5.74, 6) is 0. The minimum Gasteiger partial charge on any atom is -0.241 e. The Morgan fingerprint density at radius 3 is 2.31 bits per heavy atom. The standard InChI is InChI=1S/C8H7ClF3N/c1-4-5(2)13-7(9)3-6(4)8(10,11)12/h3H,1-2H3. The van der Waals surface area contributed by atoms with Crippen molar-refractivity contribution in [3.8, 4) is 0 Å². The second-order valence-corrected chi connectivity index (χ2v) is 3.09. The average molecular weight is 210 g/mol. The molecule has 0 radical (unpaired) electrons. The molecule has 0 aliphatic carbocycles. The van der Waals surface area contributed by atoms with Crippen molar-refractivity contribution in [3.05, 3.63) is 28.0 Å². The molecule has 0 amide bonds. The van der Waals surface area contributed by atoms with E-state index in [2.05, 4.69) is 4.98 Å². The SMILES string of the molecule is Cc1nc(Cl)cc(C(F)(F)F)c1C. The van der Waals surface area contributed by atoms with Crippen LogP contribution in [0.3, 0.4) is 0 Å². The highest BCUT2D eigenvalue weighted by atomic mass is 35.5. The Kier molecular flexibility index (Phi) is 2.52. The van der Waals surface area contributed by atoms with E-state index in [1.165, 1.54) is 13.8 Å². The maximum Gasteiger partial charge on any atom is 0.416 e. The van der Waals surface area contributed by atoms with Crippen LogP contribution in [-0.2, 0) is 6.18 Å². The molecule has 1 aromatic heterocycles. The van der Waals surface area contributed by atoms with Gasteiger partial charge in [0.05, 0.1) is 5.56 Å². The Hall–Kier alpha value is -0.770. The van der Waals surface area contributed by atoms with Gasteiger partial charge in [-0.2, -0.15) is 13.2 Å². The van der Waals surface area contributed by atoms with Gasteiger partial charge in [0.1, 0.15) is 5.15 Å². The number of rotatable bonds is 0. The number of hydrogen-bond acceptors (Lipinski definition) is 1. The van der Waals surface area contributed by atoms with E-state index in [-0.39, 0.29) is 10.7 Å². The molecule has 0 bridgehead atoms. The van der Waals surface area contributed by atoms with Crippen LogP contribution < -0.4 is 0 Å². The normalized spacial score (nSPS) is 11.8. The topological polar surface area (TPSA) is 12.9 Å². The van der Waals surface area contributed by atoms with Crippen LogP contribution in [-0.4, -0.2) is 4.98 Å². The zero-order valence-corrected chi connectivity index (χ0v) is 7.79. The molecule has 1 nitrogen and oxygen atoms in total. The van der Waals surface area contributed by atoms with Gasteiger partial charge in [0.15, 0.2) is 0 Å². The van der Waals surface area contributed by atoms with Crippen molar-refractivity contribution >= 4 is 11.6 Å². The lowest BCUT2D eigenvalue weighted by atomic mass is 10.1. The molecule has 0 aromatic carbocycles. The van der Waals surface area contributed by atoms with Gasteiger partial charge < -0.3 is 0 Å². The molecular formula is C8H7ClF3N. The average Bonchev–Trinajstić information content (AvgIpc) is 1.94. The van der Waals surface area contributed by atoms with Gasteiger partial charge in [-0.15, -0.1) is 0 Å². The fourth-order valence-corrected chi connectivity index (χ4v) is 1.23. The summed E-state index contributed by atoms with van der Waals surface area (Å²) >= 11 is 5.42. The number of aromatic nitrogens is 1. The maximum absolute atomic E-state index is 12.3. The number of halogens is 4. The van der Waals surface area contributed by atoms with Gasteiger partial charge in [-0.25, -0.2) is 4.98 Å². The van der Waals surface area contributed by atoms with Gasteiger partial charge in [-0.3, -0.25) is 0 Å².